The summed E-state index contributed by atoms with van der Waals surface area (Å²) in [5, 5.41) is 0.206. The van der Waals surface area contributed by atoms with Crippen molar-refractivity contribution < 1.29 is 14.1 Å². The van der Waals surface area contributed by atoms with E-state index in [1.54, 1.807) is 42.5 Å². The van der Waals surface area contributed by atoms with Gasteiger partial charge in [-0.25, -0.2) is 4.79 Å². The zero-order chi connectivity index (χ0) is 16.9. The molecule has 0 fully saturated rings. The third-order valence-electron chi connectivity index (χ3n) is 3.29. The fraction of sp³-hybridized carbons (Fsp3) is 0. The number of ether oxygens (including phenoxy) is 1. The highest BCUT2D eigenvalue weighted by atomic mass is 35.5. The second kappa shape index (κ2) is 7.53. The van der Waals surface area contributed by atoms with Crippen LogP contribution in [0, 0.1) is 0 Å². The van der Waals surface area contributed by atoms with Crippen molar-refractivity contribution in [3.63, 3.8) is 0 Å². The number of hydrogen-bond donors (Lipinski definition) is 0. The maximum absolute atomic E-state index is 12.5. The van der Waals surface area contributed by atoms with Crippen LogP contribution in [0.25, 0.3) is 0 Å². The first-order valence-electron chi connectivity index (χ1n) is 7.19. The Morgan fingerprint density at radius 3 is 2.12 bits per heavy atom. The lowest BCUT2D eigenvalue weighted by Crippen LogP contribution is -2.10. The monoisotopic (exact) mass is 356 g/mol. The number of esters is 1. The molecular formula is C19H13ClO3S. The standard InChI is InChI=1S/C19H13ClO3S/c20-18-13-16(24(22)15-9-5-2-6-10-15)11-12-17(18)19(21)23-14-7-3-1-4-8-14/h1-13H. The molecule has 1 atom stereocenters. The Bertz CT molecular complexity index is 838. The zero-order valence-corrected chi connectivity index (χ0v) is 14.1. The molecule has 3 rings (SSSR count). The molecule has 0 heterocycles. The molecule has 0 amide bonds. The van der Waals surface area contributed by atoms with Crippen LogP contribution in [-0.2, 0) is 11.2 Å². The maximum atomic E-state index is 12.5. The lowest BCUT2D eigenvalue weighted by atomic mass is 10.2. The molecule has 3 aromatic rings. The molecule has 3 aromatic carbocycles. The van der Waals surface area contributed by atoms with Crippen LogP contribution in [0.5, 0.6) is 5.75 Å². The molecule has 0 aromatic heterocycles. The molecule has 0 aliphatic carbocycles. The second-order valence-electron chi connectivity index (χ2n) is 4.93. The highest BCUT2D eigenvalue weighted by Crippen LogP contribution is 2.26. The van der Waals surface area contributed by atoms with Gasteiger partial charge in [0.15, 0.2) is 9.79 Å². The van der Waals surface area contributed by atoms with Crippen LogP contribution in [-0.4, -0.2) is 10.5 Å². The Balaban J connectivity index is 1.81. The Morgan fingerprint density at radius 2 is 1.50 bits per heavy atom. The first kappa shape index (κ1) is 16.6. The maximum Gasteiger partial charge on any atom is 0.345 e. The van der Waals surface area contributed by atoms with E-state index in [1.807, 2.05) is 24.3 Å². The molecule has 0 radical (unpaired) electrons. The van der Waals surface area contributed by atoms with Gasteiger partial charge in [0, 0.05) is 17.2 Å². The molecule has 0 N–H and O–H groups in total. The van der Waals surface area contributed by atoms with Gasteiger partial charge in [-0.2, -0.15) is 0 Å². The average molecular weight is 357 g/mol. The number of para-hydroxylation sites is 1. The van der Waals surface area contributed by atoms with Crippen LogP contribution >= 0.6 is 11.6 Å². The molecule has 0 saturated carbocycles. The molecule has 120 valence electrons. The Kier molecular flexibility index (Phi) is 5.20. The van der Waals surface area contributed by atoms with Crippen molar-refractivity contribution in [1.82, 2.24) is 0 Å². The van der Waals surface area contributed by atoms with E-state index in [-0.39, 0.29) is 10.6 Å². The third-order valence-corrected chi connectivity index (χ3v) is 4.98. The minimum atomic E-state index is -1.35. The van der Waals surface area contributed by atoms with Crippen LogP contribution in [0.4, 0.5) is 0 Å². The highest BCUT2D eigenvalue weighted by Gasteiger charge is 2.19. The Labute approximate surface area is 148 Å². The molecule has 24 heavy (non-hydrogen) atoms. The van der Waals surface area contributed by atoms with Crippen LogP contribution in [0.1, 0.15) is 10.4 Å². The van der Waals surface area contributed by atoms with Gasteiger partial charge < -0.3 is 9.29 Å². The molecule has 0 saturated heterocycles. The van der Waals surface area contributed by atoms with E-state index in [2.05, 4.69) is 0 Å². The molecule has 0 aliphatic heterocycles. The van der Waals surface area contributed by atoms with E-state index in [1.165, 1.54) is 12.1 Å². The van der Waals surface area contributed by atoms with Gasteiger partial charge in [0.1, 0.15) is 5.75 Å². The third kappa shape index (κ3) is 3.79. The molecule has 5 heteroatoms. The van der Waals surface area contributed by atoms with Crippen LogP contribution in [0.2, 0.25) is 5.02 Å². The zero-order valence-electron chi connectivity index (χ0n) is 12.5. The number of rotatable bonds is 4. The summed E-state index contributed by atoms with van der Waals surface area (Å²) in [5.41, 5.74) is 0.231. The van der Waals surface area contributed by atoms with Gasteiger partial charge >= 0.3 is 5.97 Å². The fourth-order valence-corrected chi connectivity index (χ4v) is 3.52. The predicted octanol–water partition coefficient (Wildman–Crippen LogP) is 4.73. The van der Waals surface area contributed by atoms with E-state index in [4.69, 9.17) is 16.3 Å². The minimum Gasteiger partial charge on any atom is -0.606 e. The van der Waals surface area contributed by atoms with Crippen LogP contribution in [0.3, 0.4) is 0 Å². The predicted molar refractivity (Wildman–Crippen MR) is 94.0 cm³/mol. The summed E-state index contributed by atoms with van der Waals surface area (Å²) in [6, 6.07) is 22.5. The number of halogens is 1. The van der Waals surface area contributed by atoms with Crippen molar-refractivity contribution in [2.45, 2.75) is 9.79 Å². The first-order chi connectivity index (χ1) is 11.6. The van der Waals surface area contributed by atoms with Gasteiger partial charge in [0.25, 0.3) is 0 Å². The van der Waals surface area contributed by atoms with Gasteiger partial charge in [0.05, 0.1) is 10.6 Å². The topological polar surface area (TPSA) is 49.4 Å². The van der Waals surface area contributed by atoms with Gasteiger partial charge in [-0.1, -0.05) is 48.0 Å². The molecule has 1 unspecified atom stereocenters. The number of benzene rings is 3. The van der Waals surface area contributed by atoms with Crippen molar-refractivity contribution in [3.8, 4) is 5.75 Å². The summed E-state index contributed by atoms with van der Waals surface area (Å²) in [6.45, 7) is 0. The van der Waals surface area contributed by atoms with Crippen molar-refractivity contribution >= 4 is 28.7 Å². The van der Waals surface area contributed by atoms with Gasteiger partial charge in [-0.15, -0.1) is 0 Å². The largest absolute Gasteiger partial charge is 0.606 e. The molecular weight excluding hydrogens is 344 g/mol. The number of hydrogen-bond acceptors (Lipinski definition) is 3. The minimum absolute atomic E-state index is 0.206. The van der Waals surface area contributed by atoms with Crippen molar-refractivity contribution in [2.75, 3.05) is 0 Å². The lowest BCUT2D eigenvalue weighted by Gasteiger charge is -2.11. The van der Waals surface area contributed by atoms with Gasteiger partial charge in [0.2, 0.25) is 0 Å². The first-order valence-corrected chi connectivity index (χ1v) is 8.71. The SMILES string of the molecule is O=C(Oc1ccccc1)c1ccc([S+]([O-])c2ccccc2)cc1Cl. The average Bonchev–Trinajstić information content (AvgIpc) is 2.62. The Hall–Kier alpha value is -2.27. The fourth-order valence-electron chi connectivity index (χ4n) is 2.11. The Morgan fingerprint density at radius 1 is 0.875 bits per heavy atom. The second-order valence-corrected chi connectivity index (χ2v) is 6.81. The normalized spacial score (nSPS) is 11.8. The highest BCUT2D eigenvalue weighted by molar-refractivity contribution is 7.91. The summed E-state index contributed by atoms with van der Waals surface area (Å²) in [7, 11) is 0. The van der Waals surface area contributed by atoms with Crippen LogP contribution in [0.15, 0.2) is 88.7 Å². The summed E-state index contributed by atoms with van der Waals surface area (Å²) < 4.78 is 17.8. The molecule has 0 spiro atoms. The quantitative estimate of drug-likeness (QED) is 0.386. The summed E-state index contributed by atoms with van der Waals surface area (Å²) in [6.07, 6.45) is 0. The summed E-state index contributed by atoms with van der Waals surface area (Å²) >= 11 is 4.83. The van der Waals surface area contributed by atoms with E-state index in [9.17, 15) is 9.35 Å². The van der Waals surface area contributed by atoms with Crippen molar-refractivity contribution in [2.24, 2.45) is 0 Å². The summed E-state index contributed by atoms with van der Waals surface area (Å²) in [5.74, 6) is -0.112. The van der Waals surface area contributed by atoms with E-state index >= 15 is 0 Å². The van der Waals surface area contributed by atoms with Crippen LogP contribution < -0.4 is 4.74 Å². The van der Waals surface area contributed by atoms with Gasteiger partial charge in [-0.3, -0.25) is 0 Å². The number of carbonyl (C=O) groups excluding carboxylic acids is 1. The lowest BCUT2D eigenvalue weighted by molar-refractivity contribution is 0.0735. The summed E-state index contributed by atoms with van der Waals surface area (Å²) in [4.78, 5) is 13.4. The van der Waals surface area contributed by atoms with E-state index in [0.717, 1.165) is 0 Å². The molecule has 0 bridgehead atoms. The molecule has 3 nitrogen and oxygen atoms in total. The smallest absolute Gasteiger partial charge is 0.345 e. The van der Waals surface area contributed by atoms with Gasteiger partial charge in [-0.05, 0) is 36.4 Å². The number of carbonyl (C=O) groups is 1. The van der Waals surface area contributed by atoms with Crippen molar-refractivity contribution in [1.29, 1.82) is 0 Å². The molecule has 0 aliphatic rings. The van der Waals surface area contributed by atoms with E-state index in [0.29, 0.717) is 15.5 Å². The van der Waals surface area contributed by atoms with Crippen molar-refractivity contribution in [3.05, 3.63) is 89.4 Å². The van der Waals surface area contributed by atoms with E-state index < -0.39 is 17.1 Å².